The Bertz CT molecular complexity index is 465. The van der Waals surface area contributed by atoms with E-state index >= 15 is 0 Å². The molecule has 0 saturated heterocycles. The normalized spacial score (nSPS) is 10.5. The van der Waals surface area contributed by atoms with Crippen molar-refractivity contribution in [1.82, 2.24) is 10.2 Å². The molecule has 0 aliphatic heterocycles. The minimum atomic E-state index is 0.0315. The Morgan fingerprint density at radius 3 is 2.47 bits per heavy atom. The Kier molecular flexibility index (Phi) is 3.72. The van der Waals surface area contributed by atoms with Crippen molar-refractivity contribution in [2.45, 2.75) is 26.6 Å². The molecule has 1 aromatic heterocycles. The van der Waals surface area contributed by atoms with E-state index in [4.69, 9.17) is 14.3 Å². The maximum Gasteiger partial charge on any atom is 0.253 e. The van der Waals surface area contributed by atoms with E-state index in [1.165, 1.54) is 0 Å². The van der Waals surface area contributed by atoms with Gasteiger partial charge in [0.2, 0.25) is 5.89 Å². The van der Waals surface area contributed by atoms with Gasteiger partial charge in [0.15, 0.2) is 6.61 Å². The second-order valence-corrected chi connectivity index (χ2v) is 3.53. The summed E-state index contributed by atoms with van der Waals surface area (Å²) in [4.78, 5) is 0. The van der Waals surface area contributed by atoms with Crippen LogP contribution >= 0.6 is 0 Å². The number of aliphatic hydroxyl groups excluding tert-OH is 1. The molecule has 17 heavy (non-hydrogen) atoms. The molecular formula is C12H14N2O3. The van der Waals surface area contributed by atoms with Crippen LogP contribution in [0.5, 0.6) is 5.75 Å². The molecule has 0 amide bonds. The number of rotatable bonds is 5. The molecule has 1 N–H and O–H groups in total. The fourth-order valence-electron chi connectivity index (χ4n) is 1.33. The summed E-state index contributed by atoms with van der Waals surface area (Å²) in [5, 5.41) is 16.6. The van der Waals surface area contributed by atoms with Crippen molar-refractivity contribution in [3.63, 3.8) is 0 Å². The van der Waals surface area contributed by atoms with Gasteiger partial charge >= 0.3 is 0 Å². The molecule has 2 rings (SSSR count). The molecule has 0 atom stereocenters. The number of aliphatic hydroxyl groups is 1. The fraction of sp³-hybridized carbons (Fsp3) is 0.333. The SMILES string of the molecule is CCc1nnc(COc2ccc(CO)cc2)o1. The van der Waals surface area contributed by atoms with Crippen molar-refractivity contribution in [2.24, 2.45) is 0 Å². The van der Waals surface area contributed by atoms with E-state index in [2.05, 4.69) is 10.2 Å². The molecule has 0 fully saturated rings. The first-order valence-corrected chi connectivity index (χ1v) is 5.45. The topological polar surface area (TPSA) is 68.4 Å². The lowest BCUT2D eigenvalue weighted by Crippen LogP contribution is -1.95. The summed E-state index contributed by atoms with van der Waals surface area (Å²) < 4.78 is 10.8. The average Bonchev–Trinajstić information content (AvgIpc) is 2.85. The van der Waals surface area contributed by atoms with Crippen LogP contribution in [0.25, 0.3) is 0 Å². The van der Waals surface area contributed by atoms with E-state index in [0.717, 1.165) is 12.0 Å². The maximum absolute atomic E-state index is 8.89. The van der Waals surface area contributed by atoms with Gasteiger partial charge in [-0.2, -0.15) is 0 Å². The number of hydrogen-bond donors (Lipinski definition) is 1. The first kappa shape index (κ1) is 11.6. The molecule has 0 bridgehead atoms. The Labute approximate surface area is 99.1 Å². The van der Waals surface area contributed by atoms with Crippen LogP contribution in [-0.4, -0.2) is 15.3 Å². The van der Waals surface area contributed by atoms with E-state index in [1.54, 1.807) is 24.3 Å². The van der Waals surface area contributed by atoms with Gasteiger partial charge in [-0.3, -0.25) is 0 Å². The van der Waals surface area contributed by atoms with Gasteiger partial charge in [0.05, 0.1) is 6.61 Å². The molecule has 2 aromatic rings. The summed E-state index contributed by atoms with van der Waals surface area (Å²) in [6, 6.07) is 7.20. The number of ether oxygens (including phenoxy) is 1. The molecule has 0 spiro atoms. The van der Waals surface area contributed by atoms with E-state index < -0.39 is 0 Å². The minimum Gasteiger partial charge on any atom is -0.484 e. The van der Waals surface area contributed by atoms with E-state index in [-0.39, 0.29) is 13.2 Å². The Morgan fingerprint density at radius 1 is 1.18 bits per heavy atom. The quantitative estimate of drug-likeness (QED) is 0.852. The number of aromatic nitrogens is 2. The molecule has 1 heterocycles. The lowest BCUT2D eigenvalue weighted by atomic mass is 10.2. The van der Waals surface area contributed by atoms with Crippen LogP contribution in [0.2, 0.25) is 0 Å². The van der Waals surface area contributed by atoms with Gasteiger partial charge < -0.3 is 14.3 Å². The summed E-state index contributed by atoms with van der Waals surface area (Å²) in [5.74, 6) is 1.78. The second-order valence-electron chi connectivity index (χ2n) is 3.53. The maximum atomic E-state index is 8.89. The third-order valence-corrected chi connectivity index (χ3v) is 2.28. The van der Waals surface area contributed by atoms with Crippen molar-refractivity contribution in [3.8, 4) is 5.75 Å². The first-order chi connectivity index (χ1) is 8.31. The predicted octanol–water partition coefficient (Wildman–Crippen LogP) is 1.70. The molecule has 90 valence electrons. The van der Waals surface area contributed by atoms with E-state index in [9.17, 15) is 0 Å². The smallest absolute Gasteiger partial charge is 0.253 e. The lowest BCUT2D eigenvalue weighted by molar-refractivity contribution is 0.258. The molecular weight excluding hydrogens is 220 g/mol. The minimum absolute atomic E-state index is 0.0315. The van der Waals surface area contributed by atoms with Crippen LogP contribution in [0.1, 0.15) is 24.3 Å². The van der Waals surface area contributed by atoms with Crippen molar-refractivity contribution >= 4 is 0 Å². The van der Waals surface area contributed by atoms with Crippen molar-refractivity contribution in [2.75, 3.05) is 0 Å². The van der Waals surface area contributed by atoms with E-state index in [0.29, 0.717) is 17.5 Å². The zero-order valence-electron chi connectivity index (χ0n) is 9.59. The standard InChI is InChI=1S/C12H14N2O3/c1-2-11-13-14-12(17-11)8-16-10-5-3-9(7-15)4-6-10/h3-6,15H,2,7-8H2,1H3. The fourth-order valence-corrected chi connectivity index (χ4v) is 1.33. The summed E-state index contributed by atoms with van der Waals surface area (Å²) >= 11 is 0. The van der Waals surface area contributed by atoms with Gasteiger partial charge in [0, 0.05) is 6.42 Å². The van der Waals surface area contributed by atoms with E-state index in [1.807, 2.05) is 6.92 Å². The van der Waals surface area contributed by atoms with Gasteiger partial charge in [0.25, 0.3) is 5.89 Å². The summed E-state index contributed by atoms with van der Waals surface area (Å²) in [7, 11) is 0. The van der Waals surface area contributed by atoms with Gasteiger partial charge in [-0.1, -0.05) is 19.1 Å². The van der Waals surface area contributed by atoms with Gasteiger partial charge in [-0.15, -0.1) is 10.2 Å². The van der Waals surface area contributed by atoms with Crippen LogP contribution in [0.4, 0.5) is 0 Å². The molecule has 0 aliphatic carbocycles. The Hall–Kier alpha value is -1.88. The van der Waals surface area contributed by atoms with Crippen molar-refractivity contribution in [1.29, 1.82) is 0 Å². The number of hydrogen-bond acceptors (Lipinski definition) is 5. The van der Waals surface area contributed by atoms with Crippen LogP contribution in [0.15, 0.2) is 28.7 Å². The molecule has 0 unspecified atom stereocenters. The van der Waals surface area contributed by atoms with Crippen LogP contribution in [0.3, 0.4) is 0 Å². The number of nitrogens with zero attached hydrogens (tertiary/aromatic N) is 2. The van der Waals surface area contributed by atoms with Crippen LogP contribution in [0, 0.1) is 0 Å². The van der Waals surface area contributed by atoms with Crippen LogP contribution < -0.4 is 4.74 Å². The average molecular weight is 234 g/mol. The van der Waals surface area contributed by atoms with Gasteiger partial charge in [-0.25, -0.2) is 0 Å². The number of aryl methyl sites for hydroxylation is 1. The highest BCUT2D eigenvalue weighted by Crippen LogP contribution is 2.14. The first-order valence-electron chi connectivity index (χ1n) is 5.45. The van der Waals surface area contributed by atoms with Gasteiger partial charge in [-0.05, 0) is 17.7 Å². The third-order valence-electron chi connectivity index (χ3n) is 2.28. The molecule has 0 saturated carbocycles. The highest BCUT2D eigenvalue weighted by molar-refractivity contribution is 5.26. The predicted molar refractivity (Wildman–Crippen MR) is 60.4 cm³/mol. The highest BCUT2D eigenvalue weighted by atomic mass is 16.5. The largest absolute Gasteiger partial charge is 0.484 e. The number of benzene rings is 1. The summed E-state index contributed by atoms with van der Waals surface area (Å²) in [6.45, 7) is 2.24. The lowest BCUT2D eigenvalue weighted by Gasteiger charge is -2.03. The highest BCUT2D eigenvalue weighted by Gasteiger charge is 2.04. The molecule has 5 heteroatoms. The van der Waals surface area contributed by atoms with Crippen molar-refractivity contribution in [3.05, 3.63) is 41.6 Å². The second kappa shape index (κ2) is 5.45. The zero-order chi connectivity index (χ0) is 12.1. The molecule has 1 aromatic carbocycles. The molecule has 0 aliphatic rings. The summed E-state index contributed by atoms with van der Waals surface area (Å²) in [6.07, 6.45) is 0.720. The monoisotopic (exact) mass is 234 g/mol. The Balaban J connectivity index is 1.92. The molecule has 5 nitrogen and oxygen atoms in total. The summed E-state index contributed by atoms with van der Waals surface area (Å²) in [5.41, 5.74) is 0.850. The molecule has 0 radical (unpaired) electrons. The third kappa shape index (κ3) is 3.04. The van der Waals surface area contributed by atoms with Gasteiger partial charge in [0.1, 0.15) is 5.75 Å². The Morgan fingerprint density at radius 2 is 1.88 bits per heavy atom. The van der Waals surface area contributed by atoms with Crippen LogP contribution in [-0.2, 0) is 19.6 Å². The zero-order valence-corrected chi connectivity index (χ0v) is 9.59. The van der Waals surface area contributed by atoms with Crippen molar-refractivity contribution < 1.29 is 14.3 Å².